The van der Waals surface area contributed by atoms with E-state index in [0.29, 0.717) is 11.5 Å². The first kappa shape index (κ1) is 18.2. The maximum Gasteiger partial charge on any atom is 0.342 e. The van der Waals surface area contributed by atoms with Crippen molar-refractivity contribution < 1.29 is 14.3 Å². The molecule has 3 rings (SSSR count). The summed E-state index contributed by atoms with van der Waals surface area (Å²) in [6.45, 7) is 5.43. The minimum Gasteiger partial charge on any atom is -0.497 e. The van der Waals surface area contributed by atoms with E-state index in [4.69, 9.17) is 9.47 Å². The summed E-state index contributed by atoms with van der Waals surface area (Å²) in [6.07, 6.45) is 3.62. The van der Waals surface area contributed by atoms with Crippen molar-refractivity contribution in [3.63, 3.8) is 0 Å². The number of carbonyl (C=O) groups excluding carboxylic acids is 1. The van der Waals surface area contributed by atoms with Gasteiger partial charge in [-0.15, -0.1) is 0 Å². The van der Waals surface area contributed by atoms with Gasteiger partial charge < -0.3 is 14.4 Å². The first-order chi connectivity index (χ1) is 12.6. The van der Waals surface area contributed by atoms with Crippen LogP contribution in [0, 0.1) is 0 Å². The summed E-state index contributed by atoms with van der Waals surface area (Å²) in [5, 5.41) is 0. The van der Waals surface area contributed by atoms with Crippen LogP contribution in [0.5, 0.6) is 5.75 Å². The summed E-state index contributed by atoms with van der Waals surface area (Å²) in [4.78, 5) is 19.0. The zero-order chi connectivity index (χ0) is 18.5. The molecule has 1 aromatic heterocycles. The number of hydrogen-bond donors (Lipinski definition) is 0. The van der Waals surface area contributed by atoms with Crippen LogP contribution in [0.4, 0.5) is 5.82 Å². The number of esters is 1. The van der Waals surface area contributed by atoms with Crippen LogP contribution in [0.3, 0.4) is 0 Å². The predicted molar refractivity (Wildman–Crippen MR) is 102 cm³/mol. The molecule has 0 radical (unpaired) electrons. The number of pyridine rings is 1. The summed E-state index contributed by atoms with van der Waals surface area (Å²) < 4.78 is 10.7. The lowest BCUT2D eigenvalue weighted by atomic mass is 9.89. The summed E-state index contributed by atoms with van der Waals surface area (Å²) in [5.41, 5.74) is 1.85. The molecule has 0 bridgehead atoms. The topological polar surface area (TPSA) is 51.7 Å². The van der Waals surface area contributed by atoms with Crippen molar-refractivity contribution in [1.82, 2.24) is 4.98 Å². The Hall–Kier alpha value is -2.56. The van der Waals surface area contributed by atoms with Crippen LogP contribution in [0.1, 0.15) is 48.5 Å². The van der Waals surface area contributed by atoms with E-state index in [9.17, 15) is 4.79 Å². The van der Waals surface area contributed by atoms with Crippen LogP contribution < -0.4 is 9.64 Å². The highest BCUT2D eigenvalue weighted by Crippen LogP contribution is 2.32. The average molecular weight is 354 g/mol. The number of benzene rings is 1. The van der Waals surface area contributed by atoms with Crippen LogP contribution in [0.2, 0.25) is 0 Å². The molecule has 0 aliphatic carbocycles. The molecule has 26 heavy (non-hydrogen) atoms. The predicted octanol–water partition coefficient (Wildman–Crippen LogP) is 4.04. The van der Waals surface area contributed by atoms with E-state index in [1.54, 1.807) is 25.4 Å². The van der Waals surface area contributed by atoms with Crippen molar-refractivity contribution in [2.45, 2.75) is 38.7 Å². The molecule has 5 heteroatoms. The molecule has 1 fully saturated rings. The van der Waals surface area contributed by atoms with Crippen molar-refractivity contribution in [2.24, 2.45) is 0 Å². The zero-order valence-corrected chi connectivity index (χ0v) is 15.6. The van der Waals surface area contributed by atoms with Crippen molar-refractivity contribution in [2.75, 3.05) is 25.1 Å². The third-order valence-electron chi connectivity index (χ3n) is 4.71. The largest absolute Gasteiger partial charge is 0.497 e. The molecule has 1 aromatic carbocycles. The normalized spacial score (nSPS) is 15.2. The van der Waals surface area contributed by atoms with Crippen LogP contribution in [0.15, 0.2) is 42.6 Å². The summed E-state index contributed by atoms with van der Waals surface area (Å²) >= 11 is 0. The molecule has 2 aromatic rings. The highest BCUT2D eigenvalue weighted by molar-refractivity contribution is 5.94. The molecule has 5 nitrogen and oxygen atoms in total. The van der Waals surface area contributed by atoms with Crippen molar-refractivity contribution >= 4 is 11.8 Å². The van der Waals surface area contributed by atoms with E-state index in [1.165, 1.54) is 5.56 Å². The number of nitrogens with zero attached hydrogens (tertiary/aromatic N) is 2. The van der Waals surface area contributed by atoms with Crippen LogP contribution in [0.25, 0.3) is 0 Å². The highest BCUT2D eigenvalue weighted by atomic mass is 16.5. The lowest BCUT2D eigenvalue weighted by molar-refractivity contribution is 0.0378. The second kappa shape index (κ2) is 8.21. The van der Waals surface area contributed by atoms with Gasteiger partial charge in [-0.25, -0.2) is 9.78 Å². The van der Waals surface area contributed by atoms with Crippen molar-refractivity contribution in [3.8, 4) is 5.75 Å². The molecule has 1 aliphatic heterocycles. The molecule has 0 spiro atoms. The molecule has 0 atom stereocenters. The molecule has 1 saturated heterocycles. The van der Waals surface area contributed by atoms with Gasteiger partial charge in [0.2, 0.25) is 0 Å². The Morgan fingerprint density at radius 2 is 1.96 bits per heavy atom. The third-order valence-corrected chi connectivity index (χ3v) is 4.71. The van der Waals surface area contributed by atoms with E-state index < -0.39 is 0 Å². The first-order valence-corrected chi connectivity index (χ1v) is 9.13. The Morgan fingerprint density at radius 3 is 2.65 bits per heavy atom. The Bertz CT molecular complexity index is 752. The second-order valence-corrected chi connectivity index (χ2v) is 6.87. The molecule has 0 N–H and O–H groups in total. The molecular formula is C21H26N2O3. The lowest BCUT2D eigenvalue weighted by Crippen LogP contribution is -2.34. The van der Waals surface area contributed by atoms with Gasteiger partial charge in [0.25, 0.3) is 0 Å². The van der Waals surface area contributed by atoms with E-state index in [0.717, 1.165) is 37.5 Å². The molecule has 0 saturated carbocycles. The number of carbonyl (C=O) groups is 1. The van der Waals surface area contributed by atoms with Crippen LogP contribution in [-0.2, 0) is 4.74 Å². The maximum atomic E-state index is 12.4. The molecule has 1 aliphatic rings. The van der Waals surface area contributed by atoms with Gasteiger partial charge in [-0.3, -0.25) is 0 Å². The van der Waals surface area contributed by atoms with Gasteiger partial charge in [0, 0.05) is 19.3 Å². The minimum atomic E-state index is -0.307. The van der Waals surface area contributed by atoms with Crippen LogP contribution >= 0.6 is 0 Å². The number of ether oxygens (including phenoxy) is 2. The Kier molecular flexibility index (Phi) is 5.76. The van der Waals surface area contributed by atoms with E-state index in [1.807, 2.05) is 26.0 Å². The second-order valence-electron chi connectivity index (χ2n) is 6.87. The monoisotopic (exact) mass is 354 g/mol. The van der Waals surface area contributed by atoms with Gasteiger partial charge in [-0.2, -0.15) is 0 Å². The number of anilines is 1. The minimum absolute atomic E-state index is 0.144. The number of methoxy groups -OCH3 is 1. The van der Waals surface area contributed by atoms with Gasteiger partial charge in [0.1, 0.15) is 17.1 Å². The summed E-state index contributed by atoms with van der Waals surface area (Å²) in [6, 6.07) is 11.9. The van der Waals surface area contributed by atoms with Gasteiger partial charge in [-0.05, 0) is 62.4 Å². The smallest absolute Gasteiger partial charge is 0.342 e. The van der Waals surface area contributed by atoms with E-state index in [2.05, 4.69) is 22.0 Å². The Balaban J connectivity index is 1.71. The van der Waals surface area contributed by atoms with Gasteiger partial charge in [-0.1, -0.05) is 12.1 Å². The number of hydrogen-bond acceptors (Lipinski definition) is 5. The summed E-state index contributed by atoms with van der Waals surface area (Å²) in [7, 11) is 1.70. The Labute approximate surface area is 155 Å². The zero-order valence-electron chi connectivity index (χ0n) is 15.6. The first-order valence-electron chi connectivity index (χ1n) is 9.13. The maximum absolute atomic E-state index is 12.4. The van der Waals surface area contributed by atoms with Crippen LogP contribution in [-0.4, -0.2) is 37.3 Å². The third kappa shape index (κ3) is 4.15. The lowest BCUT2D eigenvalue weighted by Gasteiger charge is -2.33. The average Bonchev–Trinajstić information content (AvgIpc) is 2.67. The van der Waals surface area contributed by atoms with Crippen molar-refractivity contribution in [1.29, 1.82) is 0 Å². The van der Waals surface area contributed by atoms with E-state index in [-0.39, 0.29) is 12.1 Å². The number of rotatable bonds is 5. The van der Waals surface area contributed by atoms with E-state index >= 15 is 0 Å². The molecular weight excluding hydrogens is 328 g/mol. The molecule has 2 heterocycles. The van der Waals surface area contributed by atoms with Gasteiger partial charge in [0.15, 0.2) is 0 Å². The molecule has 138 valence electrons. The quantitative estimate of drug-likeness (QED) is 0.759. The fraction of sp³-hybridized carbons (Fsp3) is 0.429. The van der Waals surface area contributed by atoms with Gasteiger partial charge in [0.05, 0.1) is 13.2 Å². The Morgan fingerprint density at radius 1 is 1.19 bits per heavy atom. The van der Waals surface area contributed by atoms with Crippen molar-refractivity contribution in [3.05, 3.63) is 53.7 Å². The SMILES string of the molecule is COc1cccc(C2CCN(c3ncccc3C(=O)OC(C)C)CC2)c1. The standard InChI is InChI=1S/C21H26N2O3/c1-15(2)26-21(24)19-8-5-11-22-20(19)23-12-9-16(10-13-23)17-6-4-7-18(14-17)25-3/h4-8,11,14-16H,9-10,12-13H2,1-3H3. The number of aromatic nitrogens is 1. The summed E-state index contributed by atoms with van der Waals surface area (Å²) in [5.74, 6) is 1.81. The molecule has 0 unspecified atom stereocenters. The van der Waals surface area contributed by atoms with Gasteiger partial charge >= 0.3 is 5.97 Å². The molecule has 0 amide bonds. The highest BCUT2D eigenvalue weighted by Gasteiger charge is 2.25. The fourth-order valence-corrected chi connectivity index (χ4v) is 3.41. The number of piperidine rings is 1. The fourth-order valence-electron chi connectivity index (χ4n) is 3.41.